The molecule has 1 aromatic heterocycles. The van der Waals surface area contributed by atoms with Crippen LogP contribution in [0.2, 0.25) is 0 Å². The molecule has 0 atom stereocenters. The number of anilines is 1. The number of rotatable bonds is 1. The number of hydrogen-bond acceptors (Lipinski definition) is 2. The summed E-state index contributed by atoms with van der Waals surface area (Å²) in [5.74, 6) is 0. The maximum atomic E-state index is 12.8. The second kappa shape index (κ2) is 3.68. The van der Waals surface area contributed by atoms with Crippen LogP contribution in [0.4, 0.5) is 18.9 Å². The molecule has 1 aromatic rings. The normalized spacial score (nSPS) is 16.4. The van der Waals surface area contributed by atoms with Gasteiger partial charge in [-0.25, -0.2) is 0 Å². The molecule has 2 heterocycles. The van der Waals surface area contributed by atoms with Crippen LogP contribution in [0.3, 0.4) is 0 Å². The summed E-state index contributed by atoms with van der Waals surface area (Å²) in [4.78, 5) is 1.76. The van der Waals surface area contributed by atoms with Gasteiger partial charge >= 0.3 is 6.18 Å². The van der Waals surface area contributed by atoms with E-state index in [4.69, 9.17) is 0 Å². The van der Waals surface area contributed by atoms with Crippen molar-refractivity contribution in [3.05, 3.63) is 11.4 Å². The van der Waals surface area contributed by atoms with Crippen LogP contribution in [0, 0.1) is 0 Å². The van der Waals surface area contributed by atoms with E-state index in [0.29, 0.717) is 25.2 Å². The zero-order chi connectivity index (χ0) is 11.9. The first-order valence-electron chi connectivity index (χ1n) is 5.33. The van der Waals surface area contributed by atoms with Gasteiger partial charge in [0.2, 0.25) is 0 Å². The molecule has 0 aromatic carbocycles. The van der Waals surface area contributed by atoms with Gasteiger partial charge in [0.05, 0.1) is 11.4 Å². The van der Waals surface area contributed by atoms with E-state index in [0.717, 1.165) is 6.42 Å². The van der Waals surface area contributed by atoms with Crippen LogP contribution in [-0.2, 0) is 19.6 Å². The van der Waals surface area contributed by atoms with E-state index in [1.807, 2.05) is 6.92 Å². The average molecular weight is 233 g/mol. The van der Waals surface area contributed by atoms with Crippen molar-refractivity contribution in [2.24, 2.45) is 7.05 Å². The van der Waals surface area contributed by atoms with Gasteiger partial charge < -0.3 is 4.90 Å². The van der Waals surface area contributed by atoms with E-state index in [-0.39, 0.29) is 5.69 Å². The van der Waals surface area contributed by atoms with Gasteiger partial charge in [0.15, 0.2) is 5.69 Å². The van der Waals surface area contributed by atoms with Crippen LogP contribution >= 0.6 is 0 Å². The minimum absolute atomic E-state index is 0.281. The number of halogens is 3. The fourth-order valence-corrected chi connectivity index (χ4v) is 2.22. The molecule has 90 valence electrons. The van der Waals surface area contributed by atoms with Crippen LogP contribution in [-0.4, -0.2) is 22.9 Å². The molecule has 0 aliphatic carbocycles. The van der Waals surface area contributed by atoms with E-state index >= 15 is 0 Å². The van der Waals surface area contributed by atoms with Gasteiger partial charge in [-0.05, 0) is 19.8 Å². The monoisotopic (exact) mass is 233 g/mol. The third-order valence-electron chi connectivity index (χ3n) is 2.95. The first-order chi connectivity index (χ1) is 7.45. The van der Waals surface area contributed by atoms with Crippen molar-refractivity contribution in [1.82, 2.24) is 9.78 Å². The lowest BCUT2D eigenvalue weighted by molar-refractivity contribution is -0.141. The predicted molar refractivity (Wildman–Crippen MR) is 54.4 cm³/mol. The molecule has 0 bridgehead atoms. The minimum Gasteiger partial charge on any atom is -0.369 e. The van der Waals surface area contributed by atoms with Crippen LogP contribution in [0.15, 0.2) is 0 Å². The molecule has 0 radical (unpaired) electrons. The van der Waals surface area contributed by atoms with Crippen molar-refractivity contribution < 1.29 is 13.2 Å². The van der Waals surface area contributed by atoms with Crippen molar-refractivity contribution in [3.8, 4) is 0 Å². The molecule has 0 fully saturated rings. The maximum Gasteiger partial charge on any atom is 0.437 e. The molecule has 0 amide bonds. The summed E-state index contributed by atoms with van der Waals surface area (Å²) in [6, 6.07) is 0. The smallest absolute Gasteiger partial charge is 0.369 e. The third-order valence-corrected chi connectivity index (χ3v) is 2.95. The summed E-state index contributed by atoms with van der Waals surface area (Å²) in [5.41, 5.74) is 0.232. The molecule has 0 saturated heterocycles. The van der Waals surface area contributed by atoms with Gasteiger partial charge in [0.25, 0.3) is 0 Å². The Morgan fingerprint density at radius 2 is 2.06 bits per heavy atom. The Hall–Kier alpha value is -1.20. The van der Waals surface area contributed by atoms with Gasteiger partial charge in [-0.2, -0.15) is 18.3 Å². The number of aryl methyl sites for hydroxylation is 1. The number of fused-ring (bicyclic) bond motifs is 1. The van der Waals surface area contributed by atoms with Crippen molar-refractivity contribution >= 4 is 5.69 Å². The van der Waals surface area contributed by atoms with Gasteiger partial charge in [-0.15, -0.1) is 0 Å². The highest BCUT2D eigenvalue weighted by Gasteiger charge is 2.41. The fourth-order valence-electron chi connectivity index (χ4n) is 2.22. The highest BCUT2D eigenvalue weighted by molar-refractivity contribution is 5.58. The Morgan fingerprint density at radius 3 is 2.62 bits per heavy atom. The average Bonchev–Trinajstić information content (AvgIpc) is 2.56. The number of hydrogen-bond donors (Lipinski definition) is 0. The summed E-state index contributed by atoms with van der Waals surface area (Å²) in [5, 5.41) is 3.61. The molecule has 3 nitrogen and oxygen atoms in total. The summed E-state index contributed by atoms with van der Waals surface area (Å²) in [7, 11) is 1.58. The van der Waals surface area contributed by atoms with E-state index in [1.165, 1.54) is 4.68 Å². The van der Waals surface area contributed by atoms with Gasteiger partial charge in [-0.1, -0.05) is 0 Å². The van der Waals surface area contributed by atoms with Crippen molar-refractivity contribution in [2.75, 3.05) is 18.0 Å². The maximum absolute atomic E-state index is 12.8. The molecule has 2 rings (SSSR count). The third kappa shape index (κ3) is 1.66. The van der Waals surface area contributed by atoms with Gasteiger partial charge in [0.1, 0.15) is 0 Å². The summed E-state index contributed by atoms with van der Waals surface area (Å²) in [6.07, 6.45) is -2.81. The SMILES string of the molecule is CCN1CCCc2c1c(C(F)(F)F)nn2C. The molecule has 0 spiro atoms. The van der Waals surface area contributed by atoms with E-state index in [1.54, 1.807) is 11.9 Å². The largest absolute Gasteiger partial charge is 0.437 e. The topological polar surface area (TPSA) is 21.1 Å². The summed E-state index contributed by atoms with van der Waals surface area (Å²) in [6.45, 7) is 3.13. The molecule has 1 aliphatic heterocycles. The van der Waals surface area contributed by atoms with Gasteiger partial charge in [-0.3, -0.25) is 4.68 Å². The zero-order valence-electron chi connectivity index (χ0n) is 9.30. The molecule has 0 N–H and O–H groups in total. The van der Waals surface area contributed by atoms with Crippen LogP contribution < -0.4 is 4.90 Å². The molecule has 1 aliphatic rings. The molecule has 16 heavy (non-hydrogen) atoms. The lowest BCUT2D eigenvalue weighted by Gasteiger charge is -2.28. The fraction of sp³-hybridized carbons (Fsp3) is 0.700. The van der Waals surface area contributed by atoms with Gasteiger partial charge in [0, 0.05) is 20.1 Å². The van der Waals surface area contributed by atoms with Crippen molar-refractivity contribution in [2.45, 2.75) is 25.9 Å². The van der Waals surface area contributed by atoms with Crippen molar-refractivity contribution in [3.63, 3.8) is 0 Å². The first kappa shape index (κ1) is 11.3. The Morgan fingerprint density at radius 1 is 1.38 bits per heavy atom. The van der Waals surface area contributed by atoms with Crippen LogP contribution in [0.25, 0.3) is 0 Å². The molecular weight excluding hydrogens is 219 g/mol. The Labute approximate surface area is 91.8 Å². The van der Waals surface area contributed by atoms with Crippen LogP contribution in [0.1, 0.15) is 24.7 Å². The highest BCUT2D eigenvalue weighted by atomic mass is 19.4. The molecule has 6 heteroatoms. The summed E-state index contributed by atoms with van der Waals surface area (Å²) >= 11 is 0. The predicted octanol–water partition coefficient (Wildman–Crippen LogP) is 2.21. The number of aromatic nitrogens is 2. The second-order valence-corrected chi connectivity index (χ2v) is 3.95. The lowest BCUT2D eigenvalue weighted by atomic mass is 10.1. The van der Waals surface area contributed by atoms with E-state index in [9.17, 15) is 13.2 Å². The van der Waals surface area contributed by atoms with E-state index < -0.39 is 11.9 Å². The quantitative estimate of drug-likeness (QED) is 0.741. The number of alkyl halides is 3. The highest BCUT2D eigenvalue weighted by Crippen LogP contribution is 2.39. The second-order valence-electron chi connectivity index (χ2n) is 3.95. The molecule has 0 saturated carbocycles. The Bertz CT molecular complexity index is 395. The Kier molecular flexibility index (Phi) is 2.59. The van der Waals surface area contributed by atoms with Crippen LogP contribution in [0.5, 0.6) is 0 Å². The molecular formula is C10H14F3N3. The zero-order valence-corrected chi connectivity index (χ0v) is 9.30. The number of nitrogens with zero attached hydrogens (tertiary/aromatic N) is 3. The Balaban J connectivity index is 2.56. The lowest BCUT2D eigenvalue weighted by Crippen LogP contribution is -2.30. The van der Waals surface area contributed by atoms with E-state index in [2.05, 4.69) is 5.10 Å². The van der Waals surface area contributed by atoms with Crippen molar-refractivity contribution in [1.29, 1.82) is 0 Å². The standard InChI is InChI=1S/C10H14F3N3/c1-3-16-6-4-5-7-8(16)9(10(11,12)13)14-15(7)2/h3-6H2,1-2H3. The first-order valence-corrected chi connectivity index (χ1v) is 5.33. The summed E-state index contributed by atoms with van der Waals surface area (Å²) < 4.78 is 39.8. The minimum atomic E-state index is -4.36. The molecule has 0 unspecified atom stereocenters.